The Balaban J connectivity index is 1.81. The van der Waals surface area contributed by atoms with Crippen molar-refractivity contribution in [3.63, 3.8) is 0 Å². The molecule has 0 aliphatic carbocycles. The van der Waals surface area contributed by atoms with Crippen LogP contribution in [0.1, 0.15) is 25.8 Å². The van der Waals surface area contributed by atoms with Gasteiger partial charge in [-0.15, -0.1) is 0 Å². The van der Waals surface area contributed by atoms with Crippen LogP contribution < -0.4 is 21.2 Å². The van der Waals surface area contributed by atoms with Crippen LogP contribution >= 0.6 is 33.0 Å². The van der Waals surface area contributed by atoms with E-state index in [1.807, 2.05) is 30.3 Å². The molecule has 0 fully saturated rings. The zero-order valence-electron chi connectivity index (χ0n) is 21.6. The first kappa shape index (κ1) is 27.5. The molecule has 5 heteroatoms. The third-order valence-electron chi connectivity index (χ3n) is 7.31. The van der Waals surface area contributed by atoms with Gasteiger partial charge >= 0.3 is 236 Å². The maximum absolute atomic E-state index is 5.85. The molecule has 2 N–H and O–H groups in total. The average molecular weight is 592 g/mol. The normalized spacial score (nSPS) is 14.1. The van der Waals surface area contributed by atoms with Crippen LogP contribution in [-0.4, -0.2) is 17.3 Å². The number of hydrogen-bond donors (Lipinski definition) is 2. The van der Waals surface area contributed by atoms with Crippen molar-refractivity contribution in [3.05, 3.63) is 127 Å². The number of hydrogen-bond acceptors (Lipinski definition) is 1. The van der Waals surface area contributed by atoms with Crippen LogP contribution in [0.3, 0.4) is 0 Å². The summed E-state index contributed by atoms with van der Waals surface area (Å²) in [6.07, 6.45) is 2.91. The van der Waals surface area contributed by atoms with Crippen molar-refractivity contribution < 1.29 is 0 Å². The second-order valence-corrected chi connectivity index (χ2v) is 19.8. The summed E-state index contributed by atoms with van der Waals surface area (Å²) in [7, 11) is 0. The standard InChI is InChI=1S/C32H36BrN2PS/c1-3-26(2)31(35-32(37)34-28-18-10-5-11-19-28)25-36(33,29-20-12-6-13-21-29,30-22-14-7-15-23-30)24-27-16-8-4-9-17-27/h4-23,26,31H,3,24-25H2,1-2H3,(H2,34,35,37)/t26-,31+/m0/s1. The molecule has 0 saturated carbocycles. The van der Waals surface area contributed by atoms with Crippen LogP contribution in [0.25, 0.3) is 0 Å². The molecule has 2 atom stereocenters. The van der Waals surface area contributed by atoms with Gasteiger partial charge in [0.1, 0.15) is 0 Å². The van der Waals surface area contributed by atoms with Gasteiger partial charge in [-0.3, -0.25) is 0 Å². The molecule has 4 aromatic rings. The van der Waals surface area contributed by atoms with Gasteiger partial charge in [0, 0.05) is 0 Å². The first-order valence-electron chi connectivity index (χ1n) is 12.9. The monoisotopic (exact) mass is 590 g/mol. The van der Waals surface area contributed by atoms with E-state index in [1.165, 1.54) is 16.2 Å². The van der Waals surface area contributed by atoms with E-state index in [9.17, 15) is 0 Å². The van der Waals surface area contributed by atoms with Crippen LogP contribution in [0.4, 0.5) is 5.69 Å². The summed E-state index contributed by atoms with van der Waals surface area (Å²) in [6, 6.07) is 43.3. The molecule has 0 aromatic heterocycles. The van der Waals surface area contributed by atoms with Gasteiger partial charge in [-0.1, -0.05) is 0 Å². The zero-order chi connectivity index (χ0) is 26.2. The van der Waals surface area contributed by atoms with E-state index in [2.05, 4.69) is 131 Å². The van der Waals surface area contributed by atoms with Gasteiger partial charge in [0.15, 0.2) is 0 Å². The molecular weight excluding hydrogens is 555 g/mol. The van der Waals surface area contributed by atoms with Crippen molar-refractivity contribution in [2.24, 2.45) is 5.92 Å². The Bertz CT molecular complexity index is 1230. The fourth-order valence-corrected chi connectivity index (χ4v) is 13.7. The summed E-state index contributed by atoms with van der Waals surface area (Å²) >= 11 is 10.5. The second-order valence-electron chi connectivity index (χ2n) is 9.83. The molecule has 192 valence electrons. The zero-order valence-corrected chi connectivity index (χ0v) is 24.9. The van der Waals surface area contributed by atoms with Gasteiger partial charge in [0.05, 0.1) is 0 Å². The summed E-state index contributed by atoms with van der Waals surface area (Å²) in [5, 5.41) is 7.58. The van der Waals surface area contributed by atoms with Crippen molar-refractivity contribution in [1.29, 1.82) is 0 Å². The summed E-state index contributed by atoms with van der Waals surface area (Å²) < 4.78 is 0. The summed E-state index contributed by atoms with van der Waals surface area (Å²) in [5.74, 6) is 0.415. The SMILES string of the molecule is CC[C@H](C)[C@@H](CP(Br)(Cc1ccccc1)(c1ccccc1)c1ccccc1)NC(=S)Nc1ccccc1. The Morgan fingerprint density at radius 1 is 0.757 bits per heavy atom. The van der Waals surface area contributed by atoms with E-state index < -0.39 is 5.31 Å². The van der Waals surface area contributed by atoms with Crippen LogP contribution in [0.5, 0.6) is 0 Å². The van der Waals surface area contributed by atoms with Crippen molar-refractivity contribution in [1.82, 2.24) is 5.32 Å². The predicted octanol–water partition coefficient (Wildman–Crippen LogP) is 8.10. The van der Waals surface area contributed by atoms with E-state index in [4.69, 9.17) is 12.2 Å². The van der Waals surface area contributed by atoms with Gasteiger partial charge < -0.3 is 0 Å². The molecule has 0 amide bonds. The van der Waals surface area contributed by atoms with Gasteiger partial charge in [-0.25, -0.2) is 0 Å². The molecule has 0 unspecified atom stereocenters. The van der Waals surface area contributed by atoms with E-state index in [0.717, 1.165) is 24.4 Å². The molecule has 0 aliphatic rings. The molecule has 0 radical (unpaired) electrons. The topological polar surface area (TPSA) is 24.1 Å². The van der Waals surface area contributed by atoms with E-state index in [1.54, 1.807) is 0 Å². The fraction of sp³-hybridized carbons (Fsp3) is 0.219. The molecular formula is C32H36BrN2PS. The molecule has 0 spiro atoms. The summed E-state index contributed by atoms with van der Waals surface area (Å²) in [4.78, 5) is 0. The van der Waals surface area contributed by atoms with Crippen LogP contribution in [0.15, 0.2) is 121 Å². The predicted molar refractivity (Wildman–Crippen MR) is 172 cm³/mol. The van der Waals surface area contributed by atoms with Gasteiger partial charge in [-0.05, 0) is 0 Å². The molecule has 2 nitrogen and oxygen atoms in total. The third-order valence-corrected chi connectivity index (χ3v) is 16.7. The number of halogens is 1. The van der Waals surface area contributed by atoms with E-state index in [-0.39, 0.29) is 6.04 Å². The Labute approximate surface area is 235 Å². The van der Waals surface area contributed by atoms with Crippen LogP contribution in [0, 0.1) is 5.92 Å². The van der Waals surface area contributed by atoms with Crippen LogP contribution in [0.2, 0.25) is 0 Å². The second kappa shape index (κ2) is 12.3. The van der Waals surface area contributed by atoms with E-state index >= 15 is 0 Å². The number of para-hydroxylation sites is 1. The van der Waals surface area contributed by atoms with E-state index in [0.29, 0.717) is 11.0 Å². The summed E-state index contributed by atoms with van der Waals surface area (Å²) in [5.41, 5.74) is 2.33. The van der Waals surface area contributed by atoms with Crippen molar-refractivity contribution in [2.75, 3.05) is 11.5 Å². The summed E-state index contributed by atoms with van der Waals surface area (Å²) in [6.45, 7) is 4.59. The first-order chi connectivity index (χ1) is 17.9. The van der Waals surface area contributed by atoms with Crippen LogP contribution in [-0.2, 0) is 6.16 Å². The Morgan fingerprint density at radius 2 is 1.22 bits per heavy atom. The number of thiocarbonyl (C=S) groups is 1. The van der Waals surface area contributed by atoms with Crippen molar-refractivity contribution in [3.8, 4) is 0 Å². The Morgan fingerprint density at radius 3 is 1.70 bits per heavy atom. The molecule has 4 rings (SSSR count). The number of rotatable bonds is 10. The third kappa shape index (κ3) is 6.49. The quantitative estimate of drug-likeness (QED) is 0.144. The molecule has 0 saturated heterocycles. The fourth-order valence-electron chi connectivity index (χ4n) is 5.03. The number of benzene rings is 4. The van der Waals surface area contributed by atoms with Gasteiger partial charge in [0.2, 0.25) is 0 Å². The molecule has 0 heterocycles. The average Bonchev–Trinajstić information content (AvgIpc) is 2.94. The number of anilines is 1. The minimum absolute atomic E-state index is 0.162. The Hall–Kier alpha value is -2.52. The number of nitrogens with one attached hydrogen (secondary N) is 2. The maximum atomic E-state index is 5.85. The molecule has 0 aliphatic heterocycles. The Kier molecular flexibility index (Phi) is 9.18. The minimum atomic E-state index is -2.95. The van der Waals surface area contributed by atoms with Crippen molar-refractivity contribution >= 4 is 54.4 Å². The van der Waals surface area contributed by atoms with Gasteiger partial charge in [0.25, 0.3) is 0 Å². The first-order valence-corrected chi connectivity index (χ1v) is 18.0. The molecule has 0 bridgehead atoms. The molecule has 4 aromatic carbocycles. The van der Waals surface area contributed by atoms with Crippen molar-refractivity contribution in [2.45, 2.75) is 32.5 Å². The molecule has 37 heavy (non-hydrogen) atoms. The van der Waals surface area contributed by atoms with Gasteiger partial charge in [-0.2, -0.15) is 0 Å².